The fourth-order valence-electron chi connectivity index (χ4n) is 2.26. The minimum Gasteiger partial charge on any atom is -0.383 e. The van der Waals surface area contributed by atoms with E-state index in [0.29, 0.717) is 18.2 Å². The van der Waals surface area contributed by atoms with Gasteiger partial charge in [-0.2, -0.15) is 0 Å². The third-order valence-electron chi connectivity index (χ3n) is 3.83. The third kappa shape index (κ3) is 5.19. The van der Waals surface area contributed by atoms with Crippen LogP contribution in [-0.2, 0) is 4.74 Å². The van der Waals surface area contributed by atoms with E-state index in [2.05, 4.69) is 18.7 Å². The second kappa shape index (κ2) is 9.06. The highest BCUT2D eigenvalue weighted by molar-refractivity contribution is 5.20. The first kappa shape index (κ1) is 17.1. The van der Waals surface area contributed by atoms with E-state index in [1.54, 1.807) is 19.2 Å². The van der Waals surface area contributed by atoms with Gasteiger partial charge in [-0.25, -0.2) is 4.39 Å². The van der Waals surface area contributed by atoms with Gasteiger partial charge in [0.05, 0.1) is 6.61 Å². The number of benzene rings is 1. The lowest BCUT2D eigenvalue weighted by molar-refractivity contribution is 0.120. The maximum absolute atomic E-state index is 13.7. The number of hydrogen-bond donors (Lipinski definition) is 1. The summed E-state index contributed by atoms with van der Waals surface area (Å²) in [6, 6.07) is 6.98. The second-order valence-corrected chi connectivity index (χ2v) is 5.20. The van der Waals surface area contributed by atoms with Crippen LogP contribution in [0.15, 0.2) is 24.3 Å². The van der Waals surface area contributed by atoms with Gasteiger partial charge in [0.2, 0.25) is 0 Å². The molecule has 114 valence electrons. The van der Waals surface area contributed by atoms with Crippen LogP contribution in [0.5, 0.6) is 0 Å². The van der Waals surface area contributed by atoms with E-state index in [-0.39, 0.29) is 11.9 Å². The van der Waals surface area contributed by atoms with Crippen LogP contribution in [0.25, 0.3) is 0 Å². The summed E-state index contributed by atoms with van der Waals surface area (Å²) in [4.78, 5) is 2.35. The van der Waals surface area contributed by atoms with Crippen molar-refractivity contribution in [1.82, 2.24) is 4.90 Å². The highest BCUT2D eigenvalue weighted by Gasteiger charge is 2.16. The molecule has 2 N–H and O–H groups in total. The standard InChI is InChI=1S/C16H27FN2O/c1-4-13(2)19(11-12-20-3)10-9-16(18)14-7-5-6-8-15(14)17/h5-8,13,16H,4,9-12,18H2,1-3H3. The molecule has 4 heteroatoms. The number of halogens is 1. The smallest absolute Gasteiger partial charge is 0.127 e. The van der Waals surface area contributed by atoms with Crippen LogP contribution in [0.1, 0.15) is 38.3 Å². The van der Waals surface area contributed by atoms with Crippen molar-refractivity contribution < 1.29 is 9.13 Å². The Balaban J connectivity index is 2.55. The van der Waals surface area contributed by atoms with Crippen molar-refractivity contribution in [3.05, 3.63) is 35.6 Å². The maximum Gasteiger partial charge on any atom is 0.127 e. The second-order valence-electron chi connectivity index (χ2n) is 5.20. The van der Waals surface area contributed by atoms with E-state index < -0.39 is 0 Å². The van der Waals surface area contributed by atoms with Crippen molar-refractivity contribution >= 4 is 0 Å². The summed E-state index contributed by atoms with van der Waals surface area (Å²) in [5.74, 6) is -0.216. The van der Waals surface area contributed by atoms with Crippen molar-refractivity contribution in [3.8, 4) is 0 Å². The number of nitrogens with two attached hydrogens (primary N) is 1. The van der Waals surface area contributed by atoms with E-state index in [0.717, 1.165) is 25.9 Å². The molecule has 0 aliphatic carbocycles. The highest BCUT2D eigenvalue weighted by atomic mass is 19.1. The summed E-state index contributed by atoms with van der Waals surface area (Å²) >= 11 is 0. The maximum atomic E-state index is 13.7. The monoisotopic (exact) mass is 282 g/mol. The van der Waals surface area contributed by atoms with Crippen LogP contribution in [0.3, 0.4) is 0 Å². The van der Waals surface area contributed by atoms with E-state index in [9.17, 15) is 4.39 Å². The summed E-state index contributed by atoms with van der Waals surface area (Å²) in [6.07, 6.45) is 1.83. The van der Waals surface area contributed by atoms with Gasteiger partial charge in [-0.15, -0.1) is 0 Å². The topological polar surface area (TPSA) is 38.5 Å². The van der Waals surface area contributed by atoms with E-state index >= 15 is 0 Å². The molecule has 0 fully saturated rings. The van der Waals surface area contributed by atoms with Gasteiger partial charge in [0.1, 0.15) is 5.82 Å². The Hall–Kier alpha value is -0.970. The molecule has 0 aromatic heterocycles. The summed E-state index contributed by atoms with van der Waals surface area (Å²) in [6.45, 7) is 6.81. The number of rotatable bonds is 9. The summed E-state index contributed by atoms with van der Waals surface area (Å²) < 4.78 is 18.8. The average molecular weight is 282 g/mol. The Kier molecular flexibility index (Phi) is 7.73. The predicted molar refractivity (Wildman–Crippen MR) is 81.1 cm³/mol. The lowest BCUT2D eigenvalue weighted by Gasteiger charge is -2.29. The Morgan fingerprint density at radius 1 is 1.30 bits per heavy atom. The van der Waals surface area contributed by atoms with Crippen LogP contribution >= 0.6 is 0 Å². The largest absolute Gasteiger partial charge is 0.383 e. The molecule has 0 amide bonds. The first-order valence-corrected chi connectivity index (χ1v) is 7.33. The lowest BCUT2D eigenvalue weighted by Crippen LogP contribution is -2.37. The van der Waals surface area contributed by atoms with E-state index in [1.165, 1.54) is 6.07 Å². The zero-order valence-electron chi connectivity index (χ0n) is 12.8. The minimum absolute atomic E-state index is 0.216. The van der Waals surface area contributed by atoms with Crippen molar-refractivity contribution in [2.24, 2.45) is 5.73 Å². The summed E-state index contributed by atoms with van der Waals surface area (Å²) in [7, 11) is 1.71. The van der Waals surface area contributed by atoms with Crippen LogP contribution in [-0.4, -0.2) is 37.7 Å². The summed E-state index contributed by atoms with van der Waals surface area (Å²) in [5.41, 5.74) is 6.72. The van der Waals surface area contributed by atoms with Gasteiger partial charge < -0.3 is 10.5 Å². The molecular weight excluding hydrogens is 255 g/mol. The third-order valence-corrected chi connectivity index (χ3v) is 3.83. The number of methoxy groups -OCH3 is 1. The molecular formula is C16H27FN2O. The summed E-state index contributed by atoms with van der Waals surface area (Å²) in [5, 5.41) is 0. The molecule has 1 aromatic rings. The molecule has 0 saturated carbocycles. The van der Waals surface area contributed by atoms with Crippen molar-refractivity contribution in [3.63, 3.8) is 0 Å². The molecule has 0 heterocycles. The number of nitrogens with zero attached hydrogens (tertiary/aromatic N) is 1. The van der Waals surface area contributed by atoms with Gasteiger partial charge in [-0.1, -0.05) is 25.1 Å². The fraction of sp³-hybridized carbons (Fsp3) is 0.625. The number of ether oxygens (including phenoxy) is 1. The van der Waals surface area contributed by atoms with Crippen LogP contribution < -0.4 is 5.73 Å². The molecule has 20 heavy (non-hydrogen) atoms. The zero-order chi connectivity index (χ0) is 15.0. The van der Waals surface area contributed by atoms with Gasteiger partial charge in [-0.3, -0.25) is 4.90 Å². The molecule has 0 saturated heterocycles. The quantitative estimate of drug-likeness (QED) is 0.757. The Morgan fingerprint density at radius 3 is 2.60 bits per heavy atom. The van der Waals surface area contributed by atoms with Gasteiger partial charge >= 0.3 is 0 Å². The van der Waals surface area contributed by atoms with E-state index in [4.69, 9.17) is 10.5 Å². The molecule has 3 nitrogen and oxygen atoms in total. The molecule has 1 aromatic carbocycles. The molecule has 2 atom stereocenters. The average Bonchev–Trinajstić information content (AvgIpc) is 2.46. The lowest BCUT2D eigenvalue weighted by atomic mass is 10.0. The molecule has 1 rings (SSSR count). The normalized spacial score (nSPS) is 14.5. The van der Waals surface area contributed by atoms with Gasteiger partial charge in [0.15, 0.2) is 0 Å². The van der Waals surface area contributed by atoms with Crippen LogP contribution in [0, 0.1) is 5.82 Å². The molecule has 0 aliphatic rings. The molecule has 0 aliphatic heterocycles. The Morgan fingerprint density at radius 2 is 2.00 bits per heavy atom. The molecule has 2 unspecified atom stereocenters. The first-order chi connectivity index (χ1) is 9.60. The first-order valence-electron chi connectivity index (χ1n) is 7.33. The molecule has 0 bridgehead atoms. The van der Waals surface area contributed by atoms with Gasteiger partial charge in [-0.05, 0) is 25.8 Å². The minimum atomic E-state index is -0.259. The Bertz CT molecular complexity index is 386. The van der Waals surface area contributed by atoms with Gasteiger partial charge in [0, 0.05) is 37.8 Å². The van der Waals surface area contributed by atoms with E-state index in [1.807, 2.05) is 6.07 Å². The molecule has 0 spiro atoms. The van der Waals surface area contributed by atoms with Gasteiger partial charge in [0.25, 0.3) is 0 Å². The highest BCUT2D eigenvalue weighted by Crippen LogP contribution is 2.18. The molecule has 0 radical (unpaired) electrons. The SMILES string of the molecule is CCC(C)N(CCOC)CCC(N)c1ccccc1F. The predicted octanol–water partition coefficient (Wildman–Crippen LogP) is 2.96. The van der Waals surface area contributed by atoms with Crippen molar-refractivity contribution in [2.75, 3.05) is 26.8 Å². The van der Waals surface area contributed by atoms with Crippen molar-refractivity contribution in [1.29, 1.82) is 0 Å². The number of hydrogen-bond acceptors (Lipinski definition) is 3. The van der Waals surface area contributed by atoms with Crippen LogP contribution in [0.2, 0.25) is 0 Å². The zero-order valence-corrected chi connectivity index (χ0v) is 12.8. The fourth-order valence-corrected chi connectivity index (χ4v) is 2.26. The van der Waals surface area contributed by atoms with Crippen LogP contribution in [0.4, 0.5) is 4.39 Å². The Labute approximate surface area is 121 Å². The van der Waals surface area contributed by atoms with Crippen molar-refractivity contribution in [2.45, 2.75) is 38.8 Å².